The van der Waals surface area contributed by atoms with Crippen molar-refractivity contribution >= 4 is 11.5 Å². The molecule has 90 valence electrons. The molecule has 0 aliphatic rings. The molecule has 0 atom stereocenters. The first-order valence-corrected chi connectivity index (χ1v) is 6.81. The van der Waals surface area contributed by atoms with Gasteiger partial charge in [-0.1, -0.05) is 31.2 Å². The number of hydrogen-bond acceptors (Lipinski definition) is 3. The summed E-state index contributed by atoms with van der Waals surface area (Å²) in [6, 6.07) is 10.6. The largest absolute Gasteiger partial charge is 0.312 e. The highest BCUT2D eigenvalue weighted by atomic mass is 32.1. The molecule has 0 amide bonds. The first-order chi connectivity index (χ1) is 8.31. The Hall–Kier alpha value is -1.19. The quantitative estimate of drug-likeness (QED) is 0.815. The SMILES string of the molecule is CCCNCc1cc(-c2ccccc2C)ns1. The Morgan fingerprint density at radius 2 is 2.12 bits per heavy atom. The average molecular weight is 246 g/mol. The van der Waals surface area contributed by atoms with E-state index in [0.29, 0.717) is 0 Å². The molecule has 2 aromatic rings. The zero-order chi connectivity index (χ0) is 12.1. The second-order valence-corrected chi connectivity index (χ2v) is 5.06. The van der Waals surface area contributed by atoms with E-state index in [1.807, 2.05) is 0 Å². The first kappa shape index (κ1) is 12.3. The van der Waals surface area contributed by atoms with Gasteiger partial charge in [-0.2, -0.15) is 4.37 Å². The van der Waals surface area contributed by atoms with Crippen molar-refractivity contribution in [3.05, 3.63) is 40.8 Å². The van der Waals surface area contributed by atoms with E-state index in [1.54, 1.807) is 11.5 Å². The summed E-state index contributed by atoms with van der Waals surface area (Å²) in [5.41, 5.74) is 3.62. The normalized spacial score (nSPS) is 10.7. The minimum atomic E-state index is 0.928. The summed E-state index contributed by atoms with van der Waals surface area (Å²) in [4.78, 5) is 1.30. The van der Waals surface area contributed by atoms with E-state index in [-0.39, 0.29) is 0 Å². The monoisotopic (exact) mass is 246 g/mol. The van der Waals surface area contributed by atoms with Crippen molar-refractivity contribution in [1.82, 2.24) is 9.69 Å². The molecule has 0 saturated heterocycles. The summed E-state index contributed by atoms with van der Waals surface area (Å²) in [6.07, 6.45) is 1.17. The van der Waals surface area contributed by atoms with Gasteiger partial charge in [0.05, 0.1) is 5.69 Å². The van der Waals surface area contributed by atoms with E-state index in [2.05, 4.69) is 53.9 Å². The van der Waals surface area contributed by atoms with Crippen LogP contribution in [0.5, 0.6) is 0 Å². The van der Waals surface area contributed by atoms with Crippen LogP contribution < -0.4 is 5.32 Å². The zero-order valence-electron chi connectivity index (χ0n) is 10.4. The van der Waals surface area contributed by atoms with E-state index in [9.17, 15) is 0 Å². The number of nitrogens with one attached hydrogen (secondary N) is 1. The lowest BCUT2D eigenvalue weighted by atomic mass is 10.1. The predicted molar refractivity (Wildman–Crippen MR) is 74.3 cm³/mol. The highest BCUT2D eigenvalue weighted by molar-refractivity contribution is 7.06. The number of benzene rings is 1. The molecule has 17 heavy (non-hydrogen) atoms. The lowest BCUT2D eigenvalue weighted by Gasteiger charge is -2.00. The maximum absolute atomic E-state index is 4.53. The van der Waals surface area contributed by atoms with Gasteiger partial charge in [-0.3, -0.25) is 0 Å². The van der Waals surface area contributed by atoms with Gasteiger partial charge >= 0.3 is 0 Å². The molecule has 1 aromatic carbocycles. The van der Waals surface area contributed by atoms with Crippen LogP contribution in [-0.2, 0) is 6.54 Å². The zero-order valence-corrected chi connectivity index (χ0v) is 11.2. The topological polar surface area (TPSA) is 24.9 Å². The van der Waals surface area contributed by atoms with Crippen LogP contribution in [0.1, 0.15) is 23.8 Å². The van der Waals surface area contributed by atoms with Crippen molar-refractivity contribution < 1.29 is 0 Å². The summed E-state index contributed by atoms with van der Waals surface area (Å²) < 4.78 is 4.53. The Balaban J connectivity index is 2.10. The molecule has 0 radical (unpaired) electrons. The van der Waals surface area contributed by atoms with Crippen molar-refractivity contribution in [2.24, 2.45) is 0 Å². The lowest BCUT2D eigenvalue weighted by molar-refractivity contribution is 0.681. The standard InChI is InChI=1S/C14H18N2S/c1-3-8-15-10-12-9-14(16-17-12)13-7-5-4-6-11(13)2/h4-7,9,15H,3,8,10H2,1-2H3. The van der Waals surface area contributed by atoms with Gasteiger partial charge in [-0.15, -0.1) is 0 Å². The van der Waals surface area contributed by atoms with Gasteiger partial charge in [0.25, 0.3) is 0 Å². The van der Waals surface area contributed by atoms with Crippen molar-refractivity contribution in [3.63, 3.8) is 0 Å². The van der Waals surface area contributed by atoms with Crippen LogP contribution in [0.15, 0.2) is 30.3 Å². The maximum Gasteiger partial charge on any atom is 0.0846 e. The summed E-state index contributed by atoms with van der Waals surface area (Å²) in [7, 11) is 0. The summed E-state index contributed by atoms with van der Waals surface area (Å²) >= 11 is 1.59. The molecule has 2 rings (SSSR count). The molecule has 0 bridgehead atoms. The maximum atomic E-state index is 4.53. The molecular formula is C14H18N2S. The Kier molecular flexibility index (Phi) is 4.29. The molecular weight excluding hydrogens is 228 g/mol. The molecule has 0 fully saturated rings. The Morgan fingerprint density at radius 3 is 2.88 bits per heavy atom. The van der Waals surface area contributed by atoms with Crippen molar-refractivity contribution in [1.29, 1.82) is 0 Å². The van der Waals surface area contributed by atoms with E-state index in [0.717, 1.165) is 18.8 Å². The van der Waals surface area contributed by atoms with Crippen molar-refractivity contribution in [2.45, 2.75) is 26.8 Å². The highest BCUT2D eigenvalue weighted by Crippen LogP contribution is 2.24. The van der Waals surface area contributed by atoms with Gasteiger partial charge in [0, 0.05) is 17.0 Å². The minimum absolute atomic E-state index is 0.928. The van der Waals surface area contributed by atoms with Crippen LogP contribution in [0.3, 0.4) is 0 Å². The molecule has 0 saturated carbocycles. The molecule has 3 heteroatoms. The fraction of sp³-hybridized carbons (Fsp3) is 0.357. The average Bonchev–Trinajstić information content (AvgIpc) is 2.79. The van der Waals surface area contributed by atoms with Gasteiger partial charge in [0.2, 0.25) is 0 Å². The van der Waals surface area contributed by atoms with Crippen LogP contribution in [0.2, 0.25) is 0 Å². The number of nitrogens with zero attached hydrogens (tertiary/aromatic N) is 1. The third kappa shape index (κ3) is 3.14. The smallest absolute Gasteiger partial charge is 0.0846 e. The van der Waals surface area contributed by atoms with Crippen molar-refractivity contribution in [2.75, 3.05) is 6.54 Å². The molecule has 2 nitrogen and oxygen atoms in total. The van der Waals surface area contributed by atoms with Crippen LogP contribution in [0, 0.1) is 6.92 Å². The summed E-state index contributed by atoms with van der Waals surface area (Å²) in [5.74, 6) is 0. The van der Waals surface area contributed by atoms with E-state index in [4.69, 9.17) is 0 Å². The highest BCUT2D eigenvalue weighted by Gasteiger charge is 2.06. The van der Waals surface area contributed by atoms with Crippen LogP contribution in [0.4, 0.5) is 0 Å². The predicted octanol–water partition coefficient (Wildman–Crippen LogP) is 3.62. The number of aromatic nitrogens is 1. The van der Waals surface area contributed by atoms with Crippen LogP contribution in [-0.4, -0.2) is 10.9 Å². The molecule has 1 heterocycles. The van der Waals surface area contributed by atoms with Crippen LogP contribution in [0.25, 0.3) is 11.3 Å². The third-order valence-corrected chi connectivity index (χ3v) is 3.49. The number of aryl methyl sites for hydroxylation is 1. The van der Waals surface area contributed by atoms with Gasteiger partial charge in [-0.25, -0.2) is 0 Å². The van der Waals surface area contributed by atoms with E-state index < -0.39 is 0 Å². The van der Waals surface area contributed by atoms with E-state index >= 15 is 0 Å². The van der Waals surface area contributed by atoms with E-state index in [1.165, 1.54) is 22.4 Å². The molecule has 0 spiro atoms. The summed E-state index contributed by atoms with van der Waals surface area (Å²) in [6.45, 7) is 6.30. The lowest BCUT2D eigenvalue weighted by Crippen LogP contribution is -2.12. The second kappa shape index (κ2) is 5.94. The third-order valence-electron chi connectivity index (χ3n) is 2.71. The molecule has 1 aromatic heterocycles. The van der Waals surface area contributed by atoms with Crippen molar-refractivity contribution in [3.8, 4) is 11.3 Å². The fourth-order valence-electron chi connectivity index (χ4n) is 1.77. The molecule has 0 aliphatic carbocycles. The van der Waals surface area contributed by atoms with Gasteiger partial charge < -0.3 is 5.32 Å². The van der Waals surface area contributed by atoms with Gasteiger partial charge in [0.1, 0.15) is 0 Å². The Labute approximate surface area is 107 Å². The number of hydrogen-bond donors (Lipinski definition) is 1. The summed E-state index contributed by atoms with van der Waals surface area (Å²) in [5, 5.41) is 3.40. The minimum Gasteiger partial charge on any atom is -0.312 e. The first-order valence-electron chi connectivity index (χ1n) is 6.03. The molecule has 0 unspecified atom stereocenters. The second-order valence-electron chi connectivity index (χ2n) is 4.17. The van der Waals surface area contributed by atoms with Gasteiger partial charge in [0.15, 0.2) is 0 Å². The Morgan fingerprint density at radius 1 is 1.29 bits per heavy atom. The Bertz CT molecular complexity index is 477. The van der Waals surface area contributed by atoms with Gasteiger partial charge in [-0.05, 0) is 43.1 Å². The molecule has 1 N–H and O–H groups in total. The fourth-order valence-corrected chi connectivity index (χ4v) is 2.47. The molecule has 0 aliphatic heterocycles. The van der Waals surface area contributed by atoms with Crippen LogP contribution >= 0.6 is 11.5 Å². The number of rotatable bonds is 5.